The lowest BCUT2D eigenvalue weighted by atomic mass is 9.98. The molecule has 0 saturated heterocycles. The van der Waals surface area contributed by atoms with Crippen LogP contribution in [0.5, 0.6) is 0 Å². The number of nitro benzene ring substituents is 1. The van der Waals surface area contributed by atoms with Gasteiger partial charge in [0.2, 0.25) is 5.91 Å². The first kappa shape index (κ1) is 15.9. The number of rotatable bonds is 4. The Kier molecular flexibility index (Phi) is 4.37. The Hall–Kier alpha value is -3.02. The van der Waals surface area contributed by atoms with Gasteiger partial charge in [-0.05, 0) is 11.1 Å². The number of hydrogen-bond donors (Lipinski definition) is 0. The van der Waals surface area contributed by atoms with Crippen LogP contribution in [0.2, 0.25) is 0 Å². The molecular weight excluding hydrogens is 306 g/mol. The van der Waals surface area contributed by atoms with Crippen LogP contribution in [0.3, 0.4) is 0 Å². The van der Waals surface area contributed by atoms with E-state index >= 15 is 0 Å². The monoisotopic (exact) mass is 323 g/mol. The van der Waals surface area contributed by atoms with Crippen LogP contribution in [-0.4, -0.2) is 21.6 Å². The molecule has 24 heavy (non-hydrogen) atoms. The third-order valence-corrected chi connectivity index (χ3v) is 4.06. The van der Waals surface area contributed by atoms with Crippen molar-refractivity contribution in [2.24, 2.45) is 5.10 Å². The number of hydrazone groups is 1. The molecule has 1 heterocycles. The molecule has 122 valence electrons. The molecular formula is C18H17N3O3. The standard InChI is InChI=1S/C18H17N3O3/c1-2-18(22)20-17(14-8-10-15(11-9-14)21(23)24)12-16(19-20)13-6-4-3-5-7-13/h3-11,17H,2,12H2,1H3/t17-/m0/s1. The molecule has 1 aliphatic rings. The number of nitro groups is 1. The van der Waals surface area contributed by atoms with E-state index in [9.17, 15) is 14.9 Å². The molecule has 0 N–H and O–H groups in total. The van der Waals surface area contributed by atoms with Gasteiger partial charge in [0, 0.05) is 25.0 Å². The van der Waals surface area contributed by atoms with Crippen LogP contribution in [0.25, 0.3) is 0 Å². The molecule has 2 aromatic rings. The second-order valence-corrected chi connectivity index (χ2v) is 5.57. The van der Waals surface area contributed by atoms with E-state index in [0.717, 1.165) is 16.8 Å². The highest BCUT2D eigenvalue weighted by Crippen LogP contribution is 2.33. The Morgan fingerprint density at radius 2 is 1.88 bits per heavy atom. The van der Waals surface area contributed by atoms with Crippen molar-refractivity contribution in [3.8, 4) is 0 Å². The summed E-state index contributed by atoms with van der Waals surface area (Å²) in [5.74, 6) is -0.0655. The van der Waals surface area contributed by atoms with Crippen molar-refractivity contribution in [3.05, 3.63) is 75.8 Å². The molecule has 6 heteroatoms. The largest absolute Gasteiger partial charge is 0.273 e. The van der Waals surface area contributed by atoms with Crippen molar-refractivity contribution < 1.29 is 9.72 Å². The topological polar surface area (TPSA) is 75.8 Å². The van der Waals surface area contributed by atoms with E-state index in [1.165, 1.54) is 17.1 Å². The fourth-order valence-electron chi connectivity index (χ4n) is 2.79. The number of carbonyl (C=O) groups excluding carboxylic acids is 1. The molecule has 0 spiro atoms. The number of non-ortho nitro benzene ring substituents is 1. The lowest BCUT2D eigenvalue weighted by molar-refractivity contribution is -0.384. The van der Waals surface area contributed by atoms with Crippen LogP contribution in [0.15, 0.2) is 59.7 Å². The summed E-state index contributed by atoms with van der Waals surface area (Å²) in [4.78, 5) is 22.6. The molecule has 1 amide bonds. The smallest absolute Gasteiger partial charge is 0.269 e. The average Bonchev–Trinajstić information content (AvgIpc) is 3.07. The van der Waals surface area contributed by atoms with Crippen molar-refractivity contribution >= 4 is 17.3 Å². The fraction of sp³-hybridized carbons (Fsp3) is 0.222. The van der Waals surface area contributed by atoms with Gasteiger partial charge in [0.05, 0.1) is 16.7 Å². The second-order valence-electron chi connectivity index (χ2n) is 5.57. The van der Waals surface area contributed by atoms with Gasteiger partial charge in [-0.2, -0.15) is 5.10 Å². The average molecular weight is 323 g/mol. The molecule has 0 aromatic heterocycles. The van der Waals surface area contributed by atoms with E-state index in [0.29, 0.717) is 12.8 Å². The van der Waals surface area contributed by atoms with Crippen LogP contribution in [-0.2, 0) is 4.79 Å². The lowest BCUT2D eigenvalue weighted by Gasteiger charge is -2.21. The van der Waals surface area contributed by atoms with E-state index in [4.69, 9.17) is 0 Å². The second kappa shape index (κ2) is 6.62. The number of hydrogen-bond acceptors (Lipinski definition) is 4. The minimum atomic E-state index is -0.431. The minimum Gasteiger partial charge on any atom is -0.273 e. The van der Waals surface area contributed by atoms with E-state index in [1.54, 1.807) is 19.1 Å². The fourth-order valence-corrected chi connectivity index (χ4v) is 2.79. The summed E-state index contributed by atoms with van der Waals surface area (Å²) in [6, 6.07) is 15.8. The highest BCUT2D eigenvalue weighted by molar-refractivity contribution is 6.03. The Bertz CT molecular complexity index is 785. The Morgan fingerprint density at radius 1 is 1.21 bits per heavy atom. The number of carbonyl (C=O) groups is 1. The summed E-state index contributed by atoms with van der Waals surface area (Å²) in [7, 11) is 0. The maximum atomic E-state index is 12.3. The molecule has 0 aliphatic carbocycles. The maximum Gasteiger partial charge on any atom is 0.269 e. The summed E-state index contributed by atoms with van der Waals surface area (Å²) >= 11 is 0. The quantitative estimate of drug-likeness (QED) is 0.636. The third kappa shape index (κ3) is 3.03. The number of nitrogens with zero attached hydrogens (tertiary/aromatic N) is 3. The Balaban J connectivity index is 1.92. The van der Waals surface area contributed by atoms with E-state index in [-0.39, 0.29) is 17.6 Å². The summed E-state index contributed by atoms with van der Waals surface area (Å²) < 4.78 is 0. The molecule has 0 saturated carbocycles. The third-order valence-electron chi connectivity index (χ3n) is 4.06. The van der Waals surface area contributed by atoms with Crippen LogP contribution >= 0.6 is 0 Å². The Morgan fingerprint density at radius 3 is 2.46 bits per heavy atom. The zero-order chi connectivity index (χ0) is 17.1. The molecule has 6 nitrogen and oxygen atoms in total. The molecule has 1 atom stereocenters. The number of benzene rings is 2. The van der Waals surface area contributed by atoms with E-state index in [1.807, 2.05) is 30.3 Å². The van der Waals surface area contributed by atoms with Gasteiger partial charge >= 0.3 is 0 Å². The first-order valence-corrected chi connectivity index (χ1v) is 7.79. The van der Waals surface area contributed by atoms with Crippen molar-refractivity contribution in [1.82, 2.24) is 5.01 Å². The molecule has 1 aliphatic heterocycles. The van der Waals surface area contributed by atoms with Gasteiger partial charge in [-0.25, -0.2) is 5.01 Å². The minimum absolute atomic E-state index is 0.0364. The van der Waals surface area contributed by atoms with Gasteiger partial charge in [-0.15, -0.1) is 0 Å². The molecule has 0 bridgehead atoms. The van der Waals surface area contributed by atoms with Gasteiger partial charge < -0.3 is 0 Å². The van der Waals surface area contributed by atoms with Crippen LogP contribution in [0.4, 0.5) is 5.69 Å². The Labute approximate surface area is 139 Å². The van der Waals surface area contributed by atoms with Gasteiger partial charge in [0.1, 0.15) is 0 Å². The van der Waals surface area contributed by atoms with Gasteiger partial charge in [0.15, 0.2) is 0 Å². The predicted molar refractivity (Wildman–Crippen MR) is 90.6 cm³/mol. The van der Waals surface area contributed by atoms with Crippen LogP contribution < -0.4 is 0 Å². The summed E-state index contributed by atoms with van der Waals surface area (Å²) in [6.45, 7) is 1.80. The highest BCUT2D eigenvalue weighted by atomic mass is 16.6. The van der Waals surface area contributed by atoms with E-state index < -0.39 is 4.92 Å². The van der Waals surface area contributed by atoms with E-state index in [2.05, 4.69) is 5.10 Å². The molecule has 0 fully saturated rings. The van der Waals surface area contributed by atoms with Crippen molar-refractivity contribution in [3.63, 3.8) is 0 Å². The first-order valence-electron chi connectivity index (χ1n) is 7.79. The van der Waals surface area contributed by atoms with Gasteiger partial charge in [-0.3, -0.25) is 14.9 Å². The lowest BCUT2D eigenvalue weighted by Crippen LogP contribution is -2.26. The van der Waals surface area contributed by atoms with Crippen molar-refractivity contribution in [2.45, 2.75) is 25.8 Å². The SMILES string of the molecule is CCC(=O)N1N=C(c2ccccc2)C[C@H]1c1ccc([N+](=O)[O-])cc1. The number of amides is 1. The maximum absolute atomic E-state index is 12.3. The zero-order valence-electron chi connectivity index (χ0n) is 13.3. The molecule has 3 rings (SSSR count). The molecule has 2 aromatic carbocycles. The van der Waals surface area contributed by atoms with Crippen LogP contribution in [0, 0.1) is 10.1 Å². The highest BCUT2D eigenvalue weighted by Gasteiger charge is 2.32. The first-order chi connectivity index (χ1) is 11.6. The summed E-state index contributed by atoms with van der Waals surface area (Å²) in [5.41, 5.74) is 2.71. The van der Waals surface area contributed by atoms with Gasteiger partial charge in [0.25, 0.3) is 5.69 Å². The normalized spacial score (nSPS) is 16.8. The summed E-state index contributed by atoms with van der Waals surface area (Å²) in [5, 5.41) is 16.8. The zero-order valence-corrected chi connectivity index (χ0v) is 13.3. The molecule has 0 unspecified atom stereocenters. The van der Waals surface area contributed by atoms with Crippen molar-refractivity contribution in [1.29, 1.82) is 0 Å². The molecule has 0 radical (unpaired) electrons. The summed E-state index contributed by atoms with van der Waals surface area (Å²) in [6.07, 6.45) is 0.947. The van der Waals surface area contributed by atoms with Gasteiger partial charge in [-0.1, -0.05) is 49.4 Å². The van der Waals surface area contributed by atoms with Crippen molar-refractivity contribution in [2.75, 3.05) is 0 Å². The predicted octanol–water partition coefficient (Wildman–Crippen LogP) is 3.68. The van der Waals surface area contributed by atoms with Crippen LogP contribution in [0.1, 0.15) is 36.9 Å².